The number of likely N-dealkylation sites (tertiary alicyclic amines) is 1. The van der Waals surface area contributed by atoms with Crippen LogP contribution in [0.25, 0.3) is 0 Å². The van der Waals surface area contributed by atoms with Crippen molar-refractivity contribution in [3.63, 3.8) is 0 Å². The first kappa shape index (κ1) is 11.1. The van der Waals surface area contributed by atoms with Gasteiger partial charge in [-0.3, -0.25) is 4.90 Å². The van der Waals surface area contributed by atoms with Gasteiger partial charge in [0.1, 0.15) is 11.9 Å². The molecule has 2 rings (SSSR count). The van der Waals surface area contributed by atoms with E-state index >= 15 is 0 Å². The molecule has 16 heavy (non-hydrogen) atoms. The monoisotopic (exact) mass is 219 g/mol. The molecule has 1 heterocycles. The minimum Gasteiger partial charge on any atom is -0.326 e. The summed E-state index contributed by atoms with van der Waals surface area (Å²) in [7, 11) is 0. The Morgan fingerprint density at radius 2 is 2.38 bits per heavy atom. The molecule has 1 saturated heterocycles. The van der Waals surface area contributed by atoms with E-state index in [1.165, 1.54) is 6.07 Å². The van der Waals surface area contributed by atoms with Crippen molar-refractivity contribution >= 4 is 0 Å². The van der Waals surface area contributed by atoms with Crippen LogP contribution in [0.1, 0.15) is 17.5 Å². The van der Waals surface area contributed by atoms with Gasteiger partial charge < -0.3 is 5.73 Å². The normalized spacial score (nSPS) is 20.9. The molecule has 0 amide bonds. The Labute approximate surface area is 94.3 Å². The van der Waals surface area contributed by atoms with Gasteiger partial charge in [-0.1, -0.05) is 6.07 Å². The van der Waals surface area contributed by atoms with E-state index in [2.05, 4.69) is 4.90 Å². The molecule has 1 fully saturated rings. The van der Waals surface area contributed by atoms with E-state index in [9.17, 15) is 4.39 Å². The molecule has 1 aromatic carbocycles. The van der Waals surface area contributed by atoms with E-state index in [4.69, 9.17) is 11.0 Å². The third-order valence-corrected chi connectivity index (χ3v) is 2.87. The number of rotatable bonds is 2. The summed E-state index contributed by atoms with van der Waals surface area (Å²) in [6.07, 6.45) is 1.01. The predicted octanol–water partition coefficient (Wildman–Crippen LogP) is 1.23. The predicted molar refractivity (Wildman–Crippen MR) is 59.0 cm³/mol. The Balaban J connectivity index is 2.08. The van der Waals surface area contributed by atoms with Crippen LogP contribution in [-0.4, -0.2) is 24.0 Å². The number of benzene rings is 1. The van der Waals surface area contributed by atoms with Crippen molar-refractivity contribution in [2.45, 2.75) is 19.0 Å². The topological polar surface area (TPSA) is 53.0 Å². The molecule has 1 aromatic rings. The molecule has 4 heteroatoms. The zero-order valence-electron chi connectivity index (χ0n) is 8.99. The third-order valence-electron chi connectivity index (χ3n) is 2.87. The van der Waals surface area contributed by atoms with Crippen LogP contribution in [0, 0.1) is 17.1 Å². The van der Waals surface area contributed by atoms with E-state index in [0.717, 1.165) is 31.6 Å². The molecule has 1 aliphatic heterocycles. The molecule has 3 nitrogen and oxygen atoms in total. The standard InChI is InChI=1S/C12H14FN3/c13-12-2-1-9(5-10(12)6-14)7-16-4-3-11(15)8-16/h1-2,5,11H,3-4,7-8,15H2. The summed E-state index contributed by atoms with van der Waals surface area (Å²) < 4.78 is 13.1. The van der Waals surface area contributed by atoms with Gasteiger partial charge in [-0.15, -0.1) is 0 Å². The Morgan fingerprint density at radius 3 is 3.00 bits per heavy atom. The highest BCUT2D eigenvalue weighted by atomic mass is 19.1. The van der Waals surface area contributed by atoms with Crippen LogP contribution in [0.3, 0.4) is 0 Å². The Kier molecular flexibility index (Phi) is 3.18. The van der Waals surface area contributed by atoms with Gasteiger partial charge in [0, 0.05) is 25.7 Å². The first-order valence-corrected chi connectivity index (χ1v) is 5.35. The molecule has 84 valence electrons. The Morgan fingerprint density at radius 1 is 1.56 bits per heavy atom. The molecule has 0 aromatic heterocycles. The van der Waals surface area contributed by atoms with Gasteiger partial charge in [0.25, 0.3) is 0 Å². The van der Waals surface area contributed by atoms with Crippen molar-refractivity contribution < 1.29 is 4.39 Å². The Hall–Kier alpha value is -1.44. The first-order valence-electron chi connectivity index (χ1n) is 5.35. The second-order valence-corrected chi connectivity index (χ2v) is 4.21. The summed E-state index contributed by atoms with van der Waals surface area (Å²) in [4.78, 5) is 2.22. The van der Waals surface area contributed by atoms with Crippen LogP contribution in [0.2, 0.25) is 0 Å². The number of nitrogens with two attached hydrogens (primary N) is 1. The fourth-order valence-electron chi connectivity index (χ4n) is 2.02. The van der Waals surface area contributed by atoms with Crippen LogP contribution in [0.4, 0.5) is 4.39 Å². The lowest BCUT2D eigenvalue weighted by Gasteiger charge is -2.15. The van der Waals surface area contributed by atoms with Gasteiger partial charge in [0.15, 0.2) is 0 Å². The maximum absolute atomic E-state index is 13.1. The minimum absolute atomic E-state index is 0.112. The highest BCUT2D eigenvalue weighted by Gasteiger charge is 2.19. The summed E-state index contributed by atoms with van der Waals surface area (Å²) in [6.45, 7) is 2.59. The minimum atomic E-state index is -0.454. The van der Waals surface area contributed by atoms with Crippen molar-refractivity contribution in [1.29, 1.82) is 5.26 Å². The van der Waals surface area contributed by atoms with E-state index in [0.29, 0.717) is 0 Å². The molecule has 1 unspecified atom stereocenters. The van der Waals surface area contributed by atoms with Gasteiger partial charge in [-0.25, -0.2) is 4.39 Å². The van der Waals surface area contributed by atoms with Gasteiger partial charge in [0.2, 0.25) is 0 Å². The Bertz CT molecular complexity index is 425. The molecular formula is C12H14FN3. The van der Waals surface area contributed by atoms with Crippen molar-refractivity contribution in [3.05, 3.63) is 35.1 Å². The van der Waals surface area contributed by atoms with Crippen LogP contribution in [0.5, 0.6) is 0 Å². The summed E-state index contributed by atoms with van der Waals surface area (Å²) >= 11 is 0. The second kappa shape index (κ2) is 4.60. The maximum atomic E-state index is 13.1. The van der Waals surface area contributed by atoms with Crippen LogP contribution in [0.15, 0.2) is 18.2 Å². The quantitative estimate of drug-likeness (QED) is 0.814. The zero-order valence-corrected chi connectivity index (χ0v) is 8.99. The lowest BCUT2D eigenvalue weighted by molar-refractivity contribution is 0.327. The number of nitrogens with zero attached hydrogens (tertiary/aromatic N) is 2. The molecule has 0 spiro atoms. The maximum Gasteiger partial charge on any atom is 0.140 e. The average Bonchev–Trinajstić information content (AvgIpc) is 2.67. The largest absolute Gasteiger partial charge is 0.326 e. The van der Waals surface area contributed by atoms with Crippen molar-refractivity contribution in [2.75, 3.05) is 13.1 Å². The van der Waals surface area contributed by atoms with Gasteiger partial charge in [-0.05, 0) is 24.1 Å². The summed E-state index contributed by atoms with van der Waals surface area (Å²) in [5, 5.41) is 8.72. The van der Waals surface area contributed by atoms with Gasteiger partial charge >= 0.3 is 0 Å². The molecule has 1 aliphatic rings. The van der Waals surface area contributed by atoms with Crippen LogP contribution < -0.4 is 5.73 Å². The number of halogens is 1. The second-order valence-electron chi connectivity index (χ2n) is 4.21. The molecule has 1 atom stereocenters. The fourth-order valence-corrected chi connectivity index (χ4v) is 2.02. The number of nitriles is 1. The molecule has 2 N–H and O–H groups in total. The average molecular weight is 219 g/mol. The summed E-state index contributed by atoms with van der Waals surface area (Å²) in [6, 6.07) is 6.78. The molecule has 0 saturated carbocycles. The van der Waals surface area contributed by atoms with Crippen molar-refractivity contribution in [2.24, 2.45) is 5.73 Å². The highest BCUT2D eigenvalue weighted by Crippen LogP contribution is 2.15. The highest BCUT2D eigenvalue weighted by molar-refractivity contribution is 5.34. The van der Waals surface area contributed by atoms with Crippen molar-refractivity contribution in [3.8, 4) is 6.07 Å². The smallest absolute Gasteiger partial charge is 0.140 e. The van der Waals surface area contributed by atoms with E-state index in [1.54, 1.807) is 12.1 Å². The third kappa shape index (κ3) is 2.38. The SMILES string of the molecule is N#Cc1cc(CN2CCC(N)C2)ccc1F. The van der Waals surface area contributed by atoms with Gasteiger partial charge in [-0.2, -0.15) is 5.26 Å². The summed E-state index contributed by atoms with van der Waals surface area (Å²) in [5.74, 6) is -0.454. The van der Waals surface area contributed by atoms with E-state index in [1.807, 2.05) is 6.07 Å². The molecular weight excluding hydrogens is 205 g/mol. The molecule has 0 radical (unpaired) electrons. The van der Waals surface area contributed by atoms with E-state index in [-0.39, 0.29) is 11.6 Å². The van der Waals surface area contributed by atoms with Crippen LogP contribution >= 0.6 is 0 Å². The van der Waals surface area contributed by atoms with Crippen LogP contribution in [-0.2, 0) is 6.54 Å². The molecule has 0 aliphatic carbocycles. The summed E-state index contributed by atoms with van der Waals surface area (Å²) in [5.41, 5.74) is 6.88. The first-order chi connectivity index (χ1) is 7.69. The lowest BCUT2D eigenvalue weighted by Crippen LogP contribution is -2.26. The lowest BCUT2D eigenvalue weighted by atomic mass is 10.1. The van der Waals surface area contributed by atoms with E-state index < -0.39 is 5.82 Å². The van der Waals surface area contributed by atoms with Crippen molar-refractivity contribution in [1.82, 2.24) is 4.90 Å². The molecule has 0 bridgehead atoms. The number of hydrogen-bond donors (Lipinski definition) is 1. The zero-order chi connectivity index (χ0) is 11.5. The fraction of sp³-hybridized carbons (Fsp3) is 0.417. The number of hydrogen-bond acceptors (Lipinski definition) is 3. The van der Waals surface area contributed by atoms with Gasteiger partial charge in [0.05, 0.1) is 5.56 Å².